The molecule has 84 valence electrons. The summed E-state index contributed by atoms with van der Waals surface area (Å²) in [4.78, 5) is 15.0. The third-order valence-electron chi connectivity index (χ3n) is 2.24. The molecular formula is C11H9BrClNO2. The van der Waals surface area contributed by atoms with Crippen molar-refractivity contribution in [2.75, 3.05) is 7.11 Å². The molecule has 0 spiro atoms. The van der Waals surface area contributed by atoms with Crippen LogP contribution in [-0.2, 0) is 11.3 Å². The number of pyridine rings is 1. The summed E-state index contributed by atoms with van der Waals surface area (Å²) < 4.78 is 5.71. The molecule has 0 saturated carbocycles. The second-order valence-electron chi connectivity index (χ2n) is 3.37. The lowest BCUT2D eigenvalue weighted by Gasteiger charge is -2.06. The van der Waals surface area contributed by atoms with Gasteiger partial charge in [-0.05, 0) is 28.1 Å². The van der Waals surface area contributed by atoms with Gasteiger partial charge >= 0.3 is 0 Å². The van der Waals surface area contributed by atoms with Gasteiger partial charge in [0, 0.05) is 23.3 Å². The van der Waals surface area contributed by atoms with E-state index < -0.39 is 0 Å². The summed E-state index contributed by atoms with van der Waals surface area (Å²) in [5, 5.41) is 1.08. The van der Waals surface area contributed by atoms with Crippen molar-refractivity contribution in [1.29, 1.82) is 0 Å². The summed E-state index contributed by atoms with van der Waals surface area (Å²) in [7, 11) is 1.57. The Morgan fingerprint density at radius 3 is 2.94 bits per heavy atom. The van der Waals surface area contributed by atoms with Crippen molar-refractivity contribution in [3.05, 3.63) is 43.6 Å². The van der Waals surface area contributed by atoms with Crippen LogP contribution in [0.15, 0.2) is 27.5 Å². The zero-order chi connectivity index (χ0) is 11.7. The maximum Gasteiger partial charge on any atom is 0.190 e. The molecule has 0 bridgehead atoms. The molecule has 3 nitrogen and oxygen atoms in total. The monoisotopic (exact) mass is 301 g/mol. The zero-order valence-electron chi connectivity index (χ0n) is 8.51. The van der Waals surface area contributed by atoms with Gasteiger partial charge in [0.25, 0.3) is 0 Å². The third-order valence-corrected chi connectivity index (χ3v) is 3.22. The van der Waals surface area contributed by atoms with Crippen molar-refractivity contribution in [2.45, 2.75) is 6.61 Å². The second kappa shape index (κ2) is 4.57. The fraction of sp³-hybridized carbons (Fsp3) is 0.182. The van der Waals surface area contributed by atoms with Crippen LogP contribution in [0.1, 0.15) is 5.69 Å². The van der Waals surface area contributed by atoms with Gasteiger partial charge in [-0.25, -0.2) is 0 Å². The Morgan fingerprint density at radius 1 is 1.50 bits per heavy atom. The Balaban J connectivity index is 2.81. The number of hydrogen-bond acceptors (Lipinski definition) is 2. The van der Waals surface area contributed by atoms with Gasteiger partial charge in [-0.3, -0.25) is 4.79 Å². The van der Waals surface area contributed by atoms with E-state index in [1.165, 1.54) is 6.07 Å². The summed E-state index contributed by atoms with van der Waals surface area (Å²) in [5.74, 6) is 0. The SMILES string of the molecule is COCc1cc(=O)c2c(Br)ccc(Cl)c2[nH]1. The first-order chi connectivity index (χ1) is 7.63. The summed E-state index contributed by atoms with van der Waals surface area (Å²) >= 11 is 9.38. The van der Waals surface area contributed by atoms with Crippen LogP contribution >= 0.6 is 27.5 Å². The third kappa shape index (κ3) is 2.00. The predicted molar refractivity (Wildman–Crippen MR) is 68.0 cm³/mol. The minimum atomic E-state index is -0.0739. The number of halogens is 2. The van der Waals surface area contributed by atoms with Gasteiger partial charge in [-0.15, -0.1) is 0 Å². The molecule has 2 rings (SSSR count). The molecule has 1 heterocycles. The molecule has 16 heavy (non-hydrogen) atoms. The lowest BCUT2D eigenvalue weighted by Crippen LogP contribution is -2.06. The van der Waals surface area contributed by atoms with Gasteiger partial charge in [0.05, 0.1) is 22.5 Å². The molecule has 0 unspecified atom stereocenters. The van der Waals surface area contributed by atoms with E-state index in [0.29, 0.717) is 28.2 Å². The predicted octanol–water partition coefficient (Wildman–Crippen LogP) is 3.09. The lowest BCUT2D eigenvalue weighted by atomic mass is 10.2. The number of rotatable bonds is 2. The minimum absolute atomic E-state index is 0.0739. The highest BCUT2D eigenvalue weighted by atomic mass is 79.9. The summed E-state index contributed by atoms with van der Waals surface area (Å²) in [6.07, 6.45) is 0. The Labute approximate surface area is 106 Å². The highest BCUT2D eigenvalue weighted by Crippen LogP contribution is 2.26. The highest BCUT2D eigenvalue weighted by molar-refractivity contribution is 9.10. The highest BCUT2D eigenvalue weighted by Gasteiger charge is 2.08. The van der Waals surface area contributed by atoms with E-state index in [1.54, 1.807) is 19.2 Å². The number of nitrogens with one attached hydrogen (secondary N) is 1. The van der Waals surface area contributed by atoms with Crippen molar-refractivity contribution in [3.8, 4) is 0 Å². The summed E-state index contributed by atoms with van der Waals surface area (Å²) in [6, 6.07) is 5.02. The maximum absolute atomic E-state index is 11.9. The molecule has 0 aliphatic heterocycles. The molecule has 1 aromatic carbocycles. The molecule has 0 radical (unpaired) electrons. The molecule has 0 amide bonds. The van der Waals surface area contributed by atoms with Crippen molar-refractivity contribution in [1.82, 2.24) is 4.98 Å². The average Bonchev–Trinajstić information content (AvgIpc) is 2.23. The fourth-order valence-electron chi connectivity index (χ4n) is 1.58. The largest absolute Gasteiger partial charge is 0.378 e. The number of ether oxygens (including phenoxy) is 1. The molecule has 0 aliphatic rings. The molecule has 1 N–H and O–H groups in total. The van der Waals surface area contributed by atoms with Gasteiger partial charge in [0.2, 0.25) is 0 Å². The molecule has 0 aliphatic carbocycles. The lowest BCUT2D eigenvalue weighted by molar-refractivity contribution is 0.181. The van der Waals surface area contributed by atoms with Crippen molar-refractivity contribution in [2.24, 2.45) is 0 Å². The number of fused-ring (bicyclic) bond motifs is 1. The summed E-state index contributed by atoms with van der Waals surface area (Å²) in [6.45, 7) is 0.355. The van der Waals surface area contributed by atoms with E-state index in [1.807, 2.05) is 0 Å². The van der Waals surface area contributed by atoms with Crippen LogP contribution in [-0.4, -0.2) is 12.1 Å². The average molecular weight is 303 g/mol. The number of H-pyrrole nitrogens is 1. The molecule has 0 saturated heterocycles. The standard InChI is InChI=1S/C11H9BrClNO2/c1-16-5-6-4-9(15)10-7(12)2-3-8(13)11(10)14-6/h2-4H,5H2,1H3,(H,14,15). The number of aromatic amines is 1. The fourth-order valence-corrected chi connectivity index (χ4v) is 2.31. The first-order valence-corrected chi connectivity index (χ1v) is 5.79. The van der Waals surface area contributed by atoms with Crippen molar-refractivity contribution in [3.63, 3.8) is 0 Å². The number of aromatic nitrogens is 1. The smallest absolute Gasteiger partial charge is 0.190 e. The van der Waals surface area contributed by atoms with Gasteiger partial charge in [0.1, 0.15) is 0 Å². The Kier molecular flexibility index (Phi) is 3.33. The Bertz CT molecular complexity index is 594. The van der Waals surface area contributed by atoms with Crippen LogP contribution in [0.4, 0.5) is 0 Å². The van der Waals surface area contributed by atoms with E-state index in [4.69, 9.17) is 16.3 Å². The van der Waals surface area contributed by atoms with E-state index >= 15 is 0 Å². The minimum Gasteiger partial charge on any atom is -0.378 e. The van der Waals surface area contributed by atoms with E-state index in [9.17, 15) is 4.79 Å². The van der Waals surface area contributed by atoms with Crippen molar-refractivity contribution >= 4 is 38.4 Å². The molecule has 2 aromatic rings. The number of methoxy groups -OCH3 is 1. The molecule has 0 atom stereocenters. The first-order valence-electron chi connectivity index (χ1n) is 4.62. The molecule has 1 aromatic heterocycles. The second-order valence-corrected chi connectivity index (χ2v) is 4.63. The van der Waals surface area contributed by atoms with Crippen LogP contribution in [0.5, 0.6) is 0 Å². The maximum atomic E-state index is 11.9. The first kappa shape index (κ1) is 11.6. The molecular weight excluding hydrogens is 293 g/mol. The van der Waals surface area contributed by atoms with Crippen LogP contribution in [0.2, 0.25) is 5.02 Å². The topological polar surface area (TPSA) is 42.1 Å². The zero-order valence-corrected chi connectivity index (χ0v) is 10.9. The van der Waals surface area contributed by atoms with Gasteiger partial charge in [0.15, 0.2) is 5.43 Å². The van der Waals surface area contributed by atoms with E-state index in [-0.39, 0.29) is 5.43 Å². The van der Waals surface area contributed by atoms with Crippen LogP contribution in [0.3, 0.4) is 0 Å². The molecule has 5 heteroatoms. The number of hydrogen-bond donors (Lipinski definition) is 1. The van der Waals surface area contributed by atoms with Crippen LogP contribution in [0, 0.1) is 0 Å². The number of benzene rings is 1. The van der Waals surface area contributed by atoms with Crippen LogP contribution < -0.4 is 5.43 Å². The van der Waals surface area contributed by atoms with Crippen molar-refractivity contribution < 1.29 is 4.74 Å². The quantitative estimate of drug-likeness (QED) is 0.926. The van der Waals surface area contributed by atoms with Gasteiger partial charge in [-0.2, -0.15) is 0 Å². The normalized spacial score (nSPS) is 10.9. The van der Waals surface area contributed by atoms with Gasteiger partial charge in [-0.1, -0.05) is 11.6 Å². The molecule has 0 fully saturated rings. The van der Waals surface area contributed by atoms with E-state index in [0.717, 1.165) is 4.47 Å². The Morgan fingerprint density at radius 2 is 2.25 bits per heavy atom. The Hall–Kier alpha value is -0.840. The van der Waals surface area contributed by atoms with Crippen LogP contribution in [0.25, 0.3) is 10.9 Å². The van der Waals surface area contributed by atoms with E-state index in [2.05, 4.69) is 20.9 Å². The van der Waals surface area contributed by atoms with Gasteiger partial charge < -0.3 is 9.72 Å². The summed E-state index contributed by atoms with van der Waals surface area (Å²) in [5.41, 5.74) is 1.27.